The van der Waals surface area contributed by atoms with Crippen molar-refractivity contribution in [2.24, 2.45) is 0 Å². The highest BCUT2D eigenvalue weighted by Crippen LogP contribution is 2.24. The molecule has 3 atom stereocenters. The zero-order chi connectivity index (χ0) is 10.8. The summed E-state index contributed by atoms with van der Waals surface area (Å²) in [7, 11) is 0. The Hall–Kier alpha value is 0.110. The minimum absolute atomic E-state index is 0.536. The fourth-order valence-electron chi connectivity index (χ4n) is 1.20. The van der Waals surface area contributed by atoms with Crippen LogP contribution in [0.1, 0.15) is 0 Å². The number of aliphatic hydroxyl groups excluding tert-OH is 3. The Kier molecular flexibility index (Phi) is 4.14. The molecule has 1 saturated heterocycles. The summed E-state index contributed by atoms with van der Waals surface area (Å²) >= 11 is 1.33. The summed E-state index contributed by atoms with van der Waals surface area (Å²) in [5.74, 6) is -1.93. The minimum atomic E-state index is -2.69. The zero-order valence-electron chi connectivity index (χ0n) is 7.50. The van der Waals surface area contributed by atoms with E-state index in [4.69, 9.17) is 10.2 Å². The van der Waals surface area contributed by atoms with Gasteiger partial charge in [-0.2, -0.15) is 0 Å². The predicted molar refractivity (Wildman–Crippen MR) is 50.5 cm³/mol. The van der Waals surface area contributed by atoms with Crippen molar-refractivity contribution >= 4 is 11.8 Å². The average molecular weight is 225 g/mol. The molecule has 0 spiro atoms. The van der Waals surface area contributed by atoms with Gasteiger partial charge in [-0.1, -0.05) is 0 Å². The number of nitrogens with one attached hydrogen (secondary N) is 1. The van der Waals surface area contributed by atoms with Crippen molar-refractivity contribution in [1.82, 2.24) is 5.32 Å². The number of thioether (sulfide) groups is 1. The summed E-state index contributed by atoms with van der Waals surface area (Å²) in [6.45, 7) is -0.154. The maximum Gasteiger partial charge on any atom is 0.221 e. The Balaban J connectivity index is 2.60. The van der Waals surface area contributed by atoms with E-state index >= 15 is 0 Å². The van der Waals surface area contributed by atoms with Gasteiger partial charge in [0.15, 0.2) is 0 Å². The minimum Gasteiger partial charge on any atom is -0.393 e. The van der Waals surface area contributed by atoms with Gasteiger partial charge in [0.05, 0.1) is 12.0 Å². The van der Waals surface area contributed by atoms with Gasteiger partial charge in [-0.3, -0.25) is 0 Å². The Labute approximate surface area is 85.6 Å². The molecule has 1 rings (SSSR count). The monoisotopic (exact) mass is 225 g/mol. The molecule has 0 bridgehead atoms. The molecule has 6 N–H and O–H groups in total. The first-order valence-electron chi connectivity index (χ1n) is 4.27. The third kappa shape index (κ3) is 2.37. The molecule has 0 saturated carbocycles. The second kappa shape index (κ2) is 4.75. The maximum absolute atomic E-state index is 9.52. The van der Waals surface area contributed by atoms with Crippen molar-refractivity contribution in [1.29, 1.82) is 0 Å². The van der Waals surface area contributed by atoms with Gasteiger partial charge in [-0.05, 0) is 0 Å². The summed E-state index contributed by atoms with van der Waals surface area (Å²) in [5, 5.41) is 48.2. The Morgan fingerprint density at radius 1 is 1.43 bits per heavy atom. The van der Waals surface area contributed by atoms with Gasteiger partial charge in [0, 0.05) is 12.3 Å². The summed E-state index contributed by atoms with van der Waals surface area (Å²) in [6.07, 6.45) is -3.32. The van der Waals surface area contributed by atoms with E-state index in [1.807, 2.05) is 0 Å². The highest BCUT2D eigenvalue weighted by molar-refractivity contribution is 8.00. The number of hydrogen-bond acceptors (Lipinski definition) is 7. The summed E-state index contributed by atoms with van der Waals surface area (Å²) in [4.78, 5) is 0. The molecule has 0 radical (unpaired) electrons. The predicted octanol–water partition coefficient (Wildman–Crippen LogP) is -2.96. The normalized spacial score (nSPS) is 27.6. The van der Waals surface area contributed by atoms with E-state index in [1.165, 1.54) is 11.8 Å². The lowest BCUT2D eigenvalue weighted by molar-refractivity contribution is -0.280. The van der Waals surface area contributed by atoms with E-state index in [0.29, 0.717) is 6.54 Å². The van der Waals surface area contributed by atoms with Crippen LogP contribution in [0.5, 0.6) is 0 Å². The first-order chi connectivity index (χ1) is 6.50. The van der Waals surface area contributed by atoms with Crippen LogP contribution in [-0.2, 0) is 0 Å². The molecule has 0 aromatic carbocycles. The van der Waals surface area contributed by atoms with Crippen LogP contribution < -0.4 is 5.32 Å². The van der Waals surface area contributed by atoms with Crippen LogP contribution in [-0.4, -0.2) is 67.8 Å². The SMILES string of the molecule is OC[C@H](O)C(O)(O)[C@H](O)[C@H]1NCCS1. The zero-order valence-corrected chi connectivity index (χ0v) is 8.31. The van der Waals surface area contributed by atoms with Crippen molar-refractivity contribution < 1.29 is 25.5 Å². The van der Waals surface area contributed by atoms with Crippen LogP contribution in [0.3, 0.4) is 0 Å². The van der Waals surface area contributed by atoms with Gasteiger partial charge in [0.25, 0.3) is 0 Å². The second-order valence-electron chi connectivity index (χ2n) is 3.17. The topological polar surface area (TPSA) is 113 Å². The van der Waals surface area contributed by atoms with Crippen LogP contribution in [0.4, 0.5) is 0 Å². The van der Waals surface area contributed by atoms with Gasteiger partial charge in [0.2, 0.25) is 5.79 Å². The van der Waals surface area contributed by atoms with E-state index in [2.05, 4.69) is 5.32 Å². The molecule has 0 aromatic rings. The standard InChI is InChI=1S/C7H15NO5S/c9-3-4(10)7(12,13)5(11)6-8-1-2-14-6/h4-6,8-13H,1-3H2/t4-,5+,6-/m0/s1. The molecule has 0 aliphatic carbocycles. The molecule has 6 nitrogen and oxygen atoms in total. The smallest absolute Gasteiger partial charge is 0.221 e. The Bertz CT molecular complexity index is 185. The maximum atomic E-state index is 9.52. The Morgan fingerprint density at radius 3 is 2.50 bits per heavy atom. The second-order valence-corrected chi connectivity index (χ2v) is 4.42. The van der Waals surface area contributed by atoms with Gasteiger partial charge < -0.3 is 30.8 Å². The van der Waals surface area contributed by atoms with Gasteiger partial charge in [-0.25, -0.2) is 0 Å². The van der Waals surface area contributed by atoms with Crippen molar-refractivity contribution in [3.8, 4) is 0 Å². The fourth-order valence-corrected chi connectivity index (χ4v) is 2.31. The summed E-state index contributed by atoms with van der Waals surface area (Å²) in [5.41, 5.74) is 0. The summed E-state index contributed by atoms with van der Waals surface area (Å²) in [6, 6.07) is 0. The van der Waals surface area contributed by atoms with Crippen molar-refractivity contribution in [2.75, 3.05) is 18.9 Å². The molecule has 1 heterocycles. The molecular formula is C7H15NO5S. The molecule has 0 unspecified atom stereocenters. The molecule has 7 heteroatoms. The molecule has 1 aliphatic rings. The molecule has 0 aromatic heterocycles. The molecule has 14 heavy (non-hydrogen) atoms. The highest BCUT2D eigenvalue weighted by Gasteiger charge is 2.45. The molecule has 1 aliphatic heterocycles. The van der Waals surface area contributed by atoms with Crippen LogP contribution in [0.15, 0.2) is 0 Å². The third-order valence-corrected chi connectivity index (χ3v) is 3.35. The van der Waals surface area contributed by atoms with Crippen molar-refractivity contribution in [2.45, 2.75) is 23.4 Å². The number of rotatable bonds is 4. The van der Waals surface area contributed by atoms with Crippen LogP contribution >= 0.6 is 11.8 Å². The lowest BCUT2D eigenvalue weighted by Gasteiger charge is -2.33. The van der Waals surface area contributed by atoms with Crippen molar-refractivity contribution in [3.63, 3.8) is 0 Å². The van der Waals surface area contributed by atoms with Crippen LogP contribution in [0, 0.1) is 0 Å². The van der Waals surface area contributed by atoms with E-state index < -0.39 is 30.0 Å². The van der Waals surface area contributed by atoms with Gasteiger partial charge in [-0.15, -0.1) is 11.8 Å². The quantitative estimate of drug-likeness (QED) is 0.283. The van der Waals surface area contributed by atoms with E-state index in [9.17, 15) is 15.3 Å². The van der Waals surface area contributed by atoms with E-state index in [0.717, 1.165) is 5.75 Å². The Morgan fingerprint density at radius 2 is 2.07 bits per heavy atom. The summed E-state index contributed by atoms with van der Waals surface area (Å²) < 4.78 is 0. The lowest BCUT2D eigenvalue weighted by Crippen LogP contribution is -2.59. The molecule has 84 valence electrons. The van der Waals surface area contributed by atoms with Gasteiger partial charge >= 0.3 is 0 Å². The number of aliphatic hydroxyl groups is 5. The van der Waals surface area contributed by atoms with Crippen LogP contribution in [0.2, 0.25) is 0 Å². The first kappa shape index (κ1) is 12.2. The average Bonchev–Trinajstić information content (AvgIpc) is 2.67. The largest absolute Gasteiger partial charge is 0.393 e. The fraction of sp³-hybridized carbons (Fsp3) is 1.00. The molecular weight excluding hydrogens is 210 g/mol. The molecule has 0 amide bonds. The number of hydrogen-bond donors (Lipinski definition) is 6. The third-order valence-electron chi connectivity index (χ3n) is 2.13. The molecule has 1 fully saturated rings. The van der Waals surface area contributed by atoms with Crippen LogP contribution in [0.25, 0.3) is 0 Å². The first-order valence-corrected chi connectivity index (χ1v) is 5.31. The van der Waals surface area contributed by atoms with Crippen molar-refractivity contribution in [3.05, 3.63) is 0 Å². The highest BCUT2D eigenvalue weighted by atomic mass is 32.2. The van der Waals surface area contributed by atoms with E-state index in [1.54, 1.807) is 0 Å². The van der Waals surface area contributed by atoms with E-state index in [-0.39, 0.29) is 0 Å². The van der Waals surface area contributed by atoms with Gasteiger partial charge in [0.1, 0.15) is 12.2 Å². The lowest BCUT2D eigenvalue weighted by atomic mass is 10.0.